The van der Waals surface area contributed by atoms with Gasteiger partial charge in [0.2, 0.25) is 0 Å². The quantitative estimate of drug-likeness (QED) is 0.762. The maximum atomic E-state index is 12.2. The minimum Gasteiger partial charge on any atom is -0.444 e. The van der Waals surface area contributed by atoms with Crippen LogP contribution < -0.4 is 10.6 Å². The molecule has 3 N–H and O–H groups in total. The third kappa shape index (κ3) is 4.30. The molecule has 27 heavy (non-hydrogen) atoms. The summed E-state index contributed by atoms with van der Waals surface area (Å²) in [6.07, 6.45) is 1.40. The lowest BCUT2D eigenvalue weighted by molar-refractivity contribution is 0.0240. The number of amides is 1. The van der Waals surface area contributed by atoms with Gasteiger partial charge in [0, 0.05) is 37.9 Å². The first-order chi connectivity index (χ1) is 12.7. The number of carbonyl (C=O) groups excluding carboxylic acids is 1. The van der Waals surface area contributed by atoms with Crippen molar-refractivity contribution in [3.63, 3.8) is 0 Å². The Morgan fingerprint density at radius 2 is 1.96 bits per heavy atom. The van der Waals surface area contributed by atoms with Gasteiger partial charge in [-0.05, 0) is 45.4 Å². The fourth-order valence-electron chi connectivity index (χ4n) is 3.13. The summed E-state index contributed by atoms with van der Waals surface area (Å²) >= 11 is 6.02. The molecule has 3 heterocycles. The summed E-state index contributed by atoms with van der Waals surface area (Å²) in [6.45, 7) is 10.1. The zero-order valence-electron chi connectivity index (χ0n) is 16.2. The minimum atomic E-state index is -0.490. The highest BCUT2D eigenvalue weighted by Crippen LogP contribution is 2.35. The van der Waals surface area contributed by atoms with Crippen LogP contribution in [-0.4, -0.2) is 52.7 Å². The molecule has 8 heteroatoms. The molecule has 2 aromatic rings. The van der Waals surface area contributed by atoms with Crippen LogP contribution in [-0.2, 0) is 4.74 Å². The van der Waals surface area contributed by atoms with Crippen molar-refractivity contribution in [2.75, 3.05) is 36.8 Å². The Kier molecular flexibility index (Phi) is 5.24. The van der Waals surface area contributed by atoms with Crippen molar-refractivity contribution in [3.05, 3.63) is 29.0 Å². The van der Waals surface area contributed by atoms with Crippen LogP contribution in [0.3, 0.4) is 0 Å². The van der Waals surface area contributed by atoms with Crippen molar-refractivity contribution in [1.29, 1.82) is 0 Å². The minimum absolute atomic E-state index is 0.273. The molecule has 3 rings (SSSR count). The van der Waals surface area contributed by atoms with E-state index in [9.17, 15) is 4.79 Å². The van der Waals surface area contributed by atoms with Gasteiger partial charge in [-0.25, -0.2) is 9.78 Å². The number of aromatic nitrogens is 2. The van der Waals surface area contributed by atoms with E-state index < -0.39 is 5.60 Å². The summed E-state index contributed by atoms with van der Waals surface area (Å²) < 4.78 is 5.45. The molecule has 0 bridgehead atoms. The monoisotopic (exact) mass is 391 g/mol. The molecule has 146 valence electrons. The highest BCUT2D eigenvalue weighted by atomic mass is 35.5. The van der Waals surface area contributed by atoms with Crippen molar-refractivity contribution in [2.45, 2.75) is 33.3 Å². The number of hydrogen-bond donors (Lipinski definition) is 2. The van der Waals surface area contributed by atoms with Gasteiger partial charge >= 0.3 is 6.09 Å². The third-order valence-corrected chi connectivity index (χ3v) is 4.75. The maximum absolute atomic E-state index is 12.2. The van der Waals surface area contributed by atoms with Gasteiger partial charge in [0.15, 0.2) is 0 Å². The summed E-state index contributed by atoms with van der Waals surface area (Å²) in [5.41, 5.74) is 9.43. The Hall–Kier alpha value is -2.41. The smallest absolute Gasteiger partial charge is 0.410 e. The number of pyridine rings is 1. The van der Waals surface area contributed by atoms with E-state index in [0.717, 1.165) is 22.6 Å². The van der Waals surface area contributed by atoms with Gasteiger partial charge < -0.3 is 25.3 Å². The summed E-state index contributed by atoms with van der Waals surface area (Å²) in [5, 5.41) is 0.438. The van der Waals surface area contributed by atoms with Gasteiger partial charge in [-0.2, -0.15) is 0 Å². The van der Waals surface area contributed by atoms with Crippen molar-refractivity contribution in [1.82, 2.24) is 14.9 Å². The van der Waals surface area contributed by atoms with Crippen molar-refractivity contribution in [2.24, 2.45) is 0 Å². The Bertz CT molecular complexity index is 835. The van der Waals surface area contributed by atoms with Crippen LogP contribution in [0, 0.1) is 6.92 Å². The number of nitrogens with two attached hydrogens (primary N) is 1. The number of nitrogens with zero attached hydrogens (tertiary/aromatic N) is 3. The average Bonchev–Trinajstić information content (AvgIpc) is 2.89. The Morgan fingerprint density at radius 3 is 2.56 bits per heavy atom. The molecule has 0 unspecified atom stereocenters. The number of halogens is 1. The molecule has 1 aliphatic rings. The van der Waals surface area contributed by atoms with Crippen LogP contribution >= 0.6 is 11.6 Å². The molecule has 0 spiro atoms. The molecule has 7 nitrogen and oxygen atoms in total. The topological polar surface area (TPSA) is 87.5 Å². The number of aromatic amines is 1. The molecule has 1 saturated heterocycles. The molecule has 2 aromatic heterocycles. The molecule has 0 atom stereocenters. The average molecular weight is 392 g/mol. The van der Waals surface area contributed by atoms with Gasteiger partial charge in [0.25, 0.3) is 0 Å². The predicted molar refractivity (Wildman–Crippen MR) is 108 cm³/mol. The zero-order valence-corrected chi connectivity index (χ0v) is 16.9. The highest BCUT2D eigenvalue weighted by Gasteiger charge is 2.28. The molecule has 0 saturated carbocycles. The van der Waals surface area contributed by atoms with Crippen LogP contribution in [0.1, 0.15) is 26.3 Å². The van der Waals surface area contributed by atoms with Crippen molar-refractivity contribution >= 4 is 29.2 Å². The first kappa shape index (κ1) is 19.4. The van der Waals surface area contributed by atoms with Crippen LogP contribution in [0.4, 0.5) is 16.3 Å². The largest absolute Gasteiger partial charge is 0.444 e. The van der Waals surface area contributed by atoms with E-state index in [0.29, 0.717) is 37.0 Å². The lowest BCUT2D eigenvalue weighted by atomic mass is 10.1. The fourth-order valence-corrected chi connectivity index (χ4v) is 3.30. The second-order valence-corrected chi connectivity index (χ2v) is 8.10. The molecule has 0 aromatic carbocycles. The van der Waals surface area contributed by atoms with Crippen LogP contribution in [0.5, 0.6) is 0 Å². The lowest BCUT2D eigenvalue weighted by Gasteiger charge is -2.36. The molecule has 1 aliphatic heterocycles. The lowest BCUT2D eigenvalue weighted by Crippen LogP contribution is -2.50. The number of nitrogens with one attached hydrogen (secondary N) is 1. The summed E-state index contributed by atoms with van der Waals surface area (Å²) in [5.74, 6) is 0.874. The number of carbonyl (C=O) groups is 1. The molecule has 0 aliphatic carbocycles. The first-order valence-electron chi connectivity index (χ1n) is 8.98. The number of anilines is 2. The van der Waals surface area contributed by atoms with E-state index in [2.05, 4.69) is 14.9 Å². The van der Waals surface area contributed by atoms with Gasteiger partial charge in [0.05, 0.1) is 11.4 Å². The molecule has 0 radical (unpaired) electrons. The normalized spacial score (nSPS) is 15.1. The molecular formula is C19H26ClN5O2. The number of piperazine rings is 1. The summed E-state index contributed by atoms with van der Waals surface area (Å²) in [6, 6.07) is 3.71. The Labute approximate surface area is 164 Å². The SMILES string of the molecule is Cc1c(-c2ccnc(Cl)c2)[nH]c(N2CCN(C(=O)OC(C)(C)C)CC2)c1N. The standard InChI is InChI=1S/C19H26ClN5O2/c1-12-15(21)17(23-16(12)13-5-6-22-14(20)11-13)24-7-9-25(10-8-24)18(26)27-19(2,3)4/h5-6,11,23H,7-10,21H2,1-4H3. The van der Waals surface area contributed by atoms with Crippen molar-refractivity contribution < 1.29 is 9.53 Å². The second kappa shape index (κ2) is 7.31. The first-order valence-corrected chi connectivity index (χ1v) is 9.36. The van der Waals surface area contributed by atoms with E-state index in [4.69, 9.17) is 22.1 Å². The molecule has 1 fully saturated rings. The van der Waals surface area contributed by atoms with Crippen molar-refractivity contribution in [3.8, 4) is 11.3 Å². The van der Waals surface area contributed by atoms with Gasteiger partial charge in [-0.15, -0.1) is 0 Å². The fraction of sp³-hybridized carbons (Fsp3) is 0.474. The number of hydrogen-bond acceptors (Lipinski definition) is 5. The van der Waals surface area contributed by atoms with Crippen LogP contribution in [0.15, 0.2) is 18.3 Å². The zero-order chi connectivity index (χ0) is 19.8. The summed E-state index contributed by atoms with van der Waals surface area (Å²) in [7, 11) is 0. The summed E-state index contributed by atoms with van der Waals surface area (Å²) in [4.78, 5) is 23.6. The van der Waals surface area contributed by atoms with E-state index in [1.165, 1.54) is 0 Å². The third-order valence-electron chi connectivity index (χ3n) is 4.54. The number of nitrogen functional groups attached to an aromatic ring is 1. The van der Waals surface area contributed by atoms with E-state index >= 15 is 0 Å². The van der Waals surface area contributed by atoms with Crippen LogP contribution in [0.2, 0.25) is 5.15 Å². The molecular weight excluding hydrogens is 366 g/mol. The Balaban J connectivity index is 1.74. The van der Waals surface area contributed by atoms with Gasteiger partial charge in [0.1, 0.15) is 16.6 Å². The Morgan fingerprint density at radius 1 is 1.30 bits per heavy atom. The van der Waals surface area contributed by atoms with Gasteiger partial charge in [-0.1, -0.05) is 11.6 Å². The van der Waals surface area contributed by atoms with Gasteiger partial charge in [-0.3, -0.25) is 0 Å². The maximum Gasteiger partial charge on any atom is 0.410 e. The highest BCUT2D eigenvalue weighted by molar-refractivity contribution is 6.29. The number of H-pyrrole nitrogens is 1. The van der Waals surface area contributed by atoms with E-state index in [1.54, 1.807) is 11.1 Å². The van der Waals surface area contributed by atoms with Crippen LogP contribution in [0.25, 0.3) is 11.3 Å². The number of ether oxygens (including phenoxy) is 1. The van der Waals surface area contributed by atoms with E-state index in [-0.39, 0.29) is 6.09 Å². The molecule has 1 amide bonds. The number of rotatable bonds is 2. The van der Waals surface area contributed by atoms with E-state index in [1.807, 2.05) is 39.8 Å². The second-order valence-electron chi connectivity index (χ2n) is 7.71. The predicted octanol–water partition coefficient (Wildman–Crippen LogP) is 3.68.